The van der Waals surface area contributed by atoms with Crippen LogP contribution in [0.4, 0.5) is 0 Å². The number of nitrogens with one attached hydrogen (secondary N) is 1. The molecular formula is C12H18N2O. The van der Waals surface area contributed by atoms with Gasteiger partial charge in [-0.05, 0) is 25.2 Å². The predicted octanol–water partition coefficient (Wildman–Crippen LogP) is 2.24. The zero-order valence-electron chi connectivity index (χ0n) is 9.68. The third-order valence-corrected chi connectivity index (χ3v) is 3.94. The van der Waals surface area contributed by atoms with E-state index in [1.165, 1.54) is 0 Å². The van der Waals surface area contributed by atoms with E-state index in [4.69, 9.17) is 0 Å². The lowest BCUT2D eigenvalue weighted by Gasteiger charge is -2.47. The summed E-state index contributed by atoms with van der Waals surface area (Å²) in [6, 6.07) is 0. The lowest BCUT2D eigenvalue weighted by Crippen LogP contribution is -2.47. The second-order valence-electron chi connectivity index (χ2n) is 5.46. The van der Waals surface area contributed by atoms with Gasteiger partial charge in [0, 0.05) is 17.5 Å². The Kier molecular flexibility index (Phi) is 2.04. The highest BCUT2D eigenvalue weighted by molar-refractivity contribution is 6.00. The van der Waals surface area contributed by atoms with Crippen molar-refractivity contribution in [2.75, 3.05) is 0 Å². The number of nitrogens with zero attached hydrogens (tertiary/aromatic N) is 1. The molecule has 82 valence electrons. The van der Waals surface area contributed by atoms with E-state index in [0.29, 0.717) is 6.42 Å². The third kappa shape index (κ3) is 1.41. The molecule has 3 heteroatoms. The molecule has 0 unspecified atom stereocenters. The van der Waals surface area contributed by atoms with Gasteiger partial charge in [0.2, 0.25) is 5.91 Å². The molecule has 2 rings (SSSR count). The summed E-state index contributed by atoms with van der Waals surface area (Å²) in [7, 11) is 0. The number of fused-ring (bicyclic) bond motifs is 1. The van der Waals surface area contributed by atoms with Crippen LogP contribution in [0.2, 0.25) is 0 Å². The molecule has 0 radical (unpaired) electrons. The van der Waals surface area contributed by atoms with Gasteiger partial charge in [0.05, 0.1) is 0 Å². The molecule has 1 N–H and O–H groups in total. The maximum Gasteiger partial charge on any atom is 0.241 e. The SMILES string of the molecule is C=C1C(C)(C)CCC2=NNC(=O)C[C@]12C. The molecule has 2 aliphatic rings. The van der Waals surface area contributed by atoms with Crippen molar-refractivity contribution in [3.05, 3.63) is 12.2 Å². The van der Waals surface area contributed by atoms with Crippen LogP contribution in [0.15, 0.2) is 17.3 Å². The number of carbonyl (C=O) groups is 1. The van der Waals surface area contributed by atoms with Gasteiger partial charge in [-0.1, -0.05) is 26.0 Å². The summed E-state index contributed by atoms with van der Waals surface area (Å²) in [5.74, 6) is 0.0000926. The smallest absolute Gasteiger partial charge is 0.241 e. The van der Waals surface area contributed by atoms with Gasteiger partial charge in [-0.25, -0.2) is 5.43 Å². The van der Waals surface area contributed by atoms with Crippen LogP contribution in [0.25, 0.3) is 0 Å². The molecule has 1 saturated carbocycles. The molecule has 0 aromatic carbocycles. The van der Waals surface area contributed by atoms with Gasteiger partial charge in [0.25, 0.3) is 0 Å². The van der Waals surface area contributed by atoms with Crippen molar-refractivity contribution < 1.29 is 4.79 Å². The van der Waals surface area contributed by atoms with Crippen LogP contribution in [-0.2, 0) is 4.79 Å². The Morgan fingerprint density at radius 1 is 1.40 bits per heavy atom. The average molecular weight is 206 g/mol. The van der Waals surface area contributed by atoms with Gasteiger partial charge in [-0.15, -0.1) is 0 Å². The van der Waals surface area contributed by atoms with Gasteiger partial charge >= 0.3 is 0 Å². The monoisotopic (exact) mass is 206 g/mol. The van der Waals surface area contributed by atoms with Crippen molar-refractivity contribution in [3.63, 3.8) is 0 Å². The second-order valence-corrected chi connectivity index (χ2v) is 5.46. The third-order valence-electron chi connectivity index (χ3n) is 3.94. The van der Waals surface area contributed by atoms with Crippen LogP contribution in [0.3, 0.4) is 0 Å². The summed E-state index contributed by atoms with van der Waals surface area (Å²) in [6.07, 6.45) is 2.52. The highest BCUT2D eigenvalue weighted by Crippen LogP contribution is 2.50. The molecule has 1 fully saturated rings. The van der Waals surface area contributed by atoms with Gasteiger partial charge in [0.15, 0.2) is 0 Å². The second kappa shape index (κ2) is 2.94. The first-order chi connectivity index (χ1) is 6.86. The van der Waals surface area contributed by atoms with Crippen molar-refractivity contribution in [2.24, 2.45) is 15.9 Å². The summed E-state index contributed by atoms with van der Waals surface area (Å²) >= 11 is 0. The van der Waals surface area contributed by atoms with Gasteiger partial charge < -0.3 is 0 Å². The van der Waals surface area contributed by atoms with Crippen LogP contribution in [0.1, 0.15) is 40.0 Å². The highest BCUT2D eigenvalue weighted by Gasteiger charge is 2.47. The van der Waals surface area contributed by atoms with E-state index in [-0.39, 0.29) is 16.7 Å². The lowest BCUT2D eigenvalue weighted by molar-refractivity contribution is -0.122. The van der Waals surface area contributed by atoms with E-state index in [0.717, 1.165) is 24.1 Å². The molecule has 0 aromatic rings. The van der Waals surface area contributed by atoms with E-state index in [1.807, 2.05) is 0 Å². The molecule has 0 saturated heterocycles. The maximum absolute atomic E-state index is 11.4. The quantitative estimate of drug-likeness (QED) is 0.607. The van der Waals surface area contributed by atoms with Gasteiger partial charge in [-0.3, -0.25) is 4.79 Å². The summed E-state index contributed by atoms with van der Waals surface area (Å²) in [6.45, 7) is 10.7. The number of hydrazone groups is 1. The molecule has 0 aromatic heterocycles. The Morgan fingerprint density at radius 2 is 2.07 bits per heavy atom. The van der Waals surface area contributed by atoms with E-state index in [9.17, 15) is 4.79 Å². The maximum atomic E-state index is 11.4. The van der Waals surface area contributed by atoms with Crippen molar-refractivity contribution >= 4 is 11.6 Å². The standard InChI is InChI=1S/C12H18N2O/c1-8-11(2,3)6-5-9-12(8,4)7-10(15)14-13-9/h1,5-7H2,2-4H3,(H,14,15)/t12-/m1/s1. The van der Waals surface area contributed by atoms with Crippen molar-refractivity contribution in [1.82, 2.24) is 5.43 Å². The number of hydrogen-bond acceptors (Lipinski definition) is 2. The number of rotatable bonds is 0. The Labute approximate surface area is 90.6 Å². The van der Waals surface area contributed by atoms with Crippen molar-refractivity contribution in [3.8, 4) is 0 Å². The molecule has 1 atom stereocenters. The minimum absolute atomic E-state index is 0.0000926. The van der Waals surface area contributed by atoms with Crippen molar-refractivity contribution in [1.29, 1.82) is 0 Å². The average Bonchev–Trinajstić information content (AvgIpc) is 2.13. The zero-order valence-corrected chi connectivity index (χ0v) is 9.68. The predicted molar refractivity (Wildman–Crippen MR) is 60.5 cm³/mol. The molecule has 0 bridgehead atoms. The van der Waals surface area contributed by atoms with Gasteiger partial charge in [-0.2, -0.15) is 5.10 Å². The first-order valence-electron chi connectivity index (χ1n) is 5.42. The molecular weight excluding hydrogens is 188 g/mol. The first kappa shape index (κ1) is 10.4. The Morgan fingerprint density at radius 3 is 2.73 bits per heavy atom. The van der Waals surface area contributed by atoms with Crippen molar-refractivity contribution in [2.45, 2.75) is 40.0 Å². The van der Waals surface area contributed by atoms with Crippen LogP contribution in [0.5, 0.6) is 0 Å². The number of allylic oxidation sites excluding steroid dienone is 1. The zero-order chi connectivity index (χ0) is 11.3. The van der Waals surface area contributed by atoms with E-state index in [1.54, 1.807) is 0 Å². The number of carbonyl (C=O) groups excluding carboxylic acids is 1. The summed E-state index contributed by atoms with van der Waals surface area (Å²) in [4.78, 5) is 11.4. The Hall–Kier alpha value is -1.12. The van der Waals surface area contributed by atoms with E-state index >= 15 is 0 Å². The molecule has 1 aliphatic heterocycles. The highest BCUT2D eigenvalue weighted by atomic mass is 16.2. The summed E-state index contributed by atoms with van der Waals surface area (Å²) in [5, 5.41) is 4.18. The van der Waals surface area contributed by atoms with E-state index in [2.05, 4.69) is 37.9 Å². The first-order valence-corrected chi connectivity index (χ1v) is 5.42. The molecule has 1 heterocycles. The molecule has 1 aliphatic carbocycles. The van der Waals surface area contributed by atoms with Gasteiger partial charge in [0.1, 0.15) is 0 Å². The topological polar surface area (TPSA) is 41.5 Å². The summed E-state index contributed by atoms with van der Waals surface area (Å²) < 4.78 is 0. The Balaban J connectivity index is 2.44. The largest absolute Gasteiger partial charge is 0.273 e. The fourth-order valence-corrected chi connectivity index (χ4v) is 2.66. The summed E-state index contributed by atoms with van der Waals surface area (Å²) in [5.41, 5.74) is 4.70. The van der Waals surface area contributed by atoms with Crippen LogP contribution >= 0.6 is 0 Å². The fourth-order valence-electron chi connectivity index (χ4n) is 2.66. The molecule has 15 heavy (non-hydrogen) atoms. The van der Waals surface area contributed by atoms with Crippen LogP contribution < -0.4 is 5.43 Å². The molecule has 1 amide bonds. The molecule has 3 nitrogen and oxygen atoms in total. The minimum atomic E-state index is -0.218. The number of hydrogen-bond donors (Lipinski definition) is 1. The minimum Gasteiger partial charge on any atom is -0.273 e. The fraction of sp³-hybridized carbons (Fsp3) is 0.667. The van der Waals surface area contributed by atoms with Crippen LogP contribution in [-0.4, -0.2) is 11.6 Å². The van der Waals surface area contributed by atoms with Crippen LogP contribution in [0, 0.1) is 10.8 Å². The van der Waals surface area contributed by atoms with E-state index < -0.39 is 0 Å². The molecule has 0 spiro atoms. The lowest BCUT2D eigenvalue weighted by atomic mass is 9.58. The normalized spacial score (nSPS) is 34.2. The Bertz CT molecular complexity index is 368. The number of amides is 1.